The van der Waals surface area contributed by atoms with Crippen LogP contribution in [0, 0.1) is 0 Å². The van der Waals surface area contributed by atoms with E-state index in [4.69, 9.17) is 0 Å². The maximum atomic E-state index is 12.5. The molecule has 0 unspecified atom stereocenters. The zero-order valence-corrected chi connectivity index (χ0v) is 14.3. The molecule has 24 heavy (non-hydrogen) atoms. The fourth-order valence-electron chi connectivity index (χ4n) is 2.45. The lowest BCUT2D eigenvalue weighted by Gasteiger charge is -2.13. The van der Waals surface area contributed by atoms with Gasteiger partial charge in [0.2, 0.25) is 0 Å². The van der Waals surface area contributed by atoms with Crippen LogP contribution in [0.25, 0.3) is 0 Å². The Morgan fingerprint density at radius 1 is 1.25 bits per heavy atom. The topological polar surface area (TPSA) is 65.3 Å². The van der Waals surface area contributed by atoms with E-state index in [0.717, 1.165) is 15.7 Å². The highest BCUT2D eigenvalue weighted by Crippen LogP contribution is 2.29. The Morgan fingerprint density at radius 2 is 2.04 bits per heavy atom. The summed E-state index contributed by atoms with van der Waals surface area (Å²) in [5.41, 5.74) is 2.32. The molecule has 5 nitrogen and oxygen atoms in total. The molecule has 0 aromatic heterocycles. The number of carbonyl (C=O) groups is 1. The van der Waals surface area contributed by atoms with Crippen LogP contribution >= 0.6 is 15.9 Å². The van der Waals surface area contributed by atoms with E-state index in [1.54, 1.807) is 29.2 Å². The first kappa shape index (κ1) is 16.1. The second-order valence-electron chi connectivity index (χ2n) is 5.12. The van der Waals surface area contributed by atoms with E-state index in [2.05, 4.69) is 32.7 Å². The molecule has 0 fully saturated rings. The molecule has 6 heteroatoms. The molecule has 1 heterocycles. The van der Waals surface area contributed by atoms with Crippen molar-refractivity contribution in [2.75, 3.05) is 11.4 Å². The molecule has 0 spiro atoms. The lowest BCUT2D eigenvalue weighted by molar-refractivity contribution is -0.112. The minimum Gasteiger partial charge on any atom is -0.507 e. The Bertz CT molecular complexity index is 874. The third-order valence-corrected chi connectivity index (χ3v) is 4.05. The summed E-state index contributed by atoms with van der Waals surface area (Å²) in [6.07, 6.45) is 3.08. The van der Waals surface area contributed by atoms with Gasteiger partial charge in [-0.25, -0.2) is 0 Å². The smallest absolute Gasteiger partial charge is 0.279 e. The molecule has 0 radical (unpaired) electrons. The zero-order valence-electron chi connectivity index (χ0n) is 12.7. The summed E-state index contributed by atoms with van der Waals surface area (Å²) in [4.78, 5) is 14.1. The standard InChI is InChI=1S/C18H14BrN3O2/c1-2-9-22-15-6-4-3-5-14(15)17(18(22)24)21-20-11-12-10-13(19)7-8-16(12)23/h2-8,10-11,23H,1,9H2/b20-11+,21-17-. The second kappa shape index (κ2) is 6.80. The predicted octanol–water partition coefficient (Wildman–Crippen LogP) is 3.51. The Kier molecular flexibility index (Phi) is 4.57. The van der Waals surface area contributed by atoms with Gasteiger partial charge in [0.15, 0.2) is 5.71 Å². The molecule has 0 saturated heterocycles. The van der Waals surface area contributed by atoms with Crippen LogP contribution in [-0.2, 0) is 4.79 Å². The summed E-state index contributed by atoms with van der Waals surface area (Å²) >= 11 is 3.33. The molecule has 0 aliphatic carbocycles. The minimum absolute atomic E-state index is 0.0913. The molecule has 0 bridgehead atoms. The summed E-state index contributed by atoms with van der Waals surface area (Å²) in [6, 6.07) is 12.4. The van der Waals surface area contributed by atoms with Gasteiger partial charge in [0, 0.05) is 22.1 Å². The van der Waals surface area contributed by atoms with Gasteiger partial charge in [-0.15, -0.1) is 11.7 Å². The van der Waals surface area contributed by atoms with E-state index < -0.39 is 0 Å². The fourth-order valence-corrected chi connectivity index (χ4v) is 2.83. The average molecular weight is 384 g/mol. The van der Waals surface area contributed by atoms with Crippen LogP contribution in [0.3, 0.4) is 0 Å². The Balaban J connectivity index is 1.95. The maximum Gasteiger partial charge on any atom is 0.279 e. The number of amides is 1. The average Bonchev–Trinajstić information content (AvgIpc) is 2.84. The van der Waals surface area contributed by atoms with Crippen LogP contribution in [0.5, 0.6) is 5.75 Å². The number of carbonyl (C=O) groups excluding carboxylic acids is 1. The molecule has 1 aliphatic heterocycles. The van der Waals surface area contributed by atoms with E-state index in [-0.39, 0.29) is 17.4 Å². The lowest BCUT2D eigenvalue weighted by atomic mass is 10.1. The molecule has 0 atom stereocenters. The zero-order chi connectivity index (χ0) is 17.1. The van der Waals surface area contributed by atoms with Crippen molar-refractivity contribution < 1.29 is 9.90 Å². The van der Waals surface area contributed by atoms with Gasteiger partial charge < -0.3 is 10.0 Å². The largest absolute Gasteiger partial charge is 0.507 e. The third-order valence-electron chi connectivity index (χ3n) is 3.55. The molecule has 1 N–H and O–H groups in total. The highest BCUT2D eigenvalue weighted by atomic mass is 79.9. The van der Waals surface area contributed by atoms with Crippen LogP contribution < -0.4 is 4.90 Å². The van der Waals surface area contributed by atoms with Gasteiger partial charge >= 0.3 is 0 Å². The molecule has 3 rings (SSSR count). The molecule has 1 amide bonds. The highest BCUT2D eigenvalue weighted by molar-refractivity contribution is 9.10. The van der Waals surface area contributed by atoms with E-state index in [9.17, 15) is 9.90 Å². The van der Waals surface area contributed by atoms with Crippen LogP contribution in [0.4, 0.5) is 5.69 Å². The van der Waals surface area contributed by atoms with Gasteiger partial charge in [-0.05, 0) is 24.3 Å². The molecule has 2 aromatic rings. The summed E-state index contributed by atoms with van der Waals surface area (Å²) in [5, 5.41) is 17.9. The summed E-state index contributed by atoms with van der Waals surface area (Å²) in [5.74, 6) is -0.125. The van der Waals surface area contributed by atoms with E-state index in [1.165, 1.54) is 6.21 Å². The number of para-hydroxylation sites is 1. The first-order chi connectivity index (χ1) is 11.6. The molecular formula is C18H14BrN3O2. The van der Waals surface area contributed by atoms with Crippen molar-refractivity contribution in [1.29, 1.82) is 0 Å². The van der Waals surface area contributed by atoms with Crippen molar-refractivity contribution in [1.82, 2.24) is 0 Å². The monoisotopic (exact) mass is 383 g/mol. The first-order valence-corrected chi connectivity index (χ1v) is 8.03. The molecule has 120 valence electrons. The van der Waals surface area contributed by atoms with Gasteiger partial charge in [-0.2, -0.15) is 5.10 Å². The predicted molar refractivity (Wildman–Crippen MR) is 98.9 cm³/mol. The number of aromatic hydroxyl groups is 1. The van der Waals surface area contributed by atoms with Crippen LogP contribution in [0.2, 0.25) is 0 Å². The number of rotatable bonds is 4. The molecule has 2 aromatic carbocycles. The van der Waals surface area contributed by atoms with Gasteiger partial charge in [0.1, 0.15) is 5.75 Å². The normalized spacial score (nSPS) is 15.3. The van der Waals surface area contributed by atoms with Crippen molar-refractivity contribution in [3.05, 3.63) is 70.7 Å². The number of benzene rings is 2. The Labute approximate surface area is 147 Å². The van der Waals surface area contributed by atoms with E-state index >= 15 is 0 Å². The Morgan fingerprint density at radius 3 is 2.83 bits per heavy atom. The van der Waals surface area contributed by atoms with Crippen molar-refractivity contribution >= 4 is 39.5 Å². The fraction of sp³-hybridized carbons (Fsp3) is 0.0556. The number of nitrogens with zero attached hydrogens (tertiary/aromatic N) is 3. The van der Waals surface area contributed by atoms with Crippen molar-refractivity contribution in [3.63, 3.8) is 0 Å². The number of anilines is 1. The van der Waals surface area contributed by atoms with E-state index in [0.29, 0.717) is 12.1 Å². The quantitative estimate of drug-likeness (QED) is 0.498. The number of hydrogen-bond acceptors (Lipinski definition) is 4. The van der Waals surface area contributed by atoms with E-state index in [1.807, 2.05) is 24.3 Å². The number of fused-ring (bicyclic) bond motifs is 1. The summed E-state index contributed by atoms with van der Waals surface area (Å²) in [6.45, 7) is 4.09. The maximum absolute atomic E-state index is 12.5. The van der Waals surface area contributed by atoms with Crippen molar-refractivity contribution in [3.8, 4) is 5.75 Å². The SMILES string of the molecule is C=CCN1C(=O)/C(=N\N=C\c2cc(Br)ccc2O)c2ccccc21. The Hall–Kier alpha value is -2.73. The van der Waals surface area contributed by atoms with Gasteiger partial charge in [0.25, 0.3) is 5.91 Å². The lowest BCUT2D eigenvalue weighted by Crippen LogP contribution is -2.30. The van der Waals surface area contributed by atoms with Gasteiger partial charge in [-0.3, -0.25) is 4.79 Å². The molecular weight excluding hydrogens is 370 g/mol. The summed E-state index contributed by atoms with van der Waals surface area (Å²) < 4.78 is 0.814. The number of phenolic OH excluding ortho intramolecular Hbond substituents is 1. The molecule has 0 saturated carbocycles. The van der Waals surface area contributed by atoms with Gasteiger partial charge in [0.05, 0.1) is 11.9 Å². The van der Waals surface area contributed by atoms with Crippen molar-refractivity contribution in [2.45, 2.75) is 0 Å². The second-order valence-corrected chi connectivity index (χ2v) is 6.03. The summed E-state index contributed by atoms with van der Waals surface area (Å²) in [7, 11) is 0. The number of phenols is 1. The molecule has 1 aliphatic rings. The van der Waals surface area contributed by atoms with Gasteiger partial charge in [-0.1, -0.05) is 40.2 Å². The number of hydrogen-bond donors (Lipinski definition) is 1. The number of halogens is 1. The first-order valence-electron chi connectivity index (χ1n) is 7.23. The third kappa shape index (κ3) is 3.00. The van der Waals surface area contributed by atoms with Crippen LogP contribution in [-0.4, -0.2) is 29.5 Å². The highest BCUT2D eigenvalue weighted by Gasteiger charge is 2.32. The van der Waals surface area contributed by atoms with Crippen LogP contribution in [0.1, 0.15) is 11.1 Å². The minimum atomic E-state index is -0.216. The van der Waals surface area contributed by atoms with Crippen LogP contribution in [0.15, 0.2) is 69.8 Å². The van der Waals surface area contributed by atoms with Crippen molar-refractivity contribution in [2.24, 2.45) is 10.2 Å².